The molecule has 0 atom stereocenters. The van der Waals surface area contributed by atoms with E-state index < -0.39 is 5.60 Å². The third-order valence-electron chi connectivity index (χ3n) is 4.79. The molecule has 1 aromatic rings. The molecule has 0 unspecified atom stereocenters. The Morgan fingerprint density at radius 2 is 2.04 bits per heavy atom. The Hall–Kier alpha value is -2.11. The minimum absolute atomic E-state index is 0.00337. The smallest absolute Gasteiger partial charge is 0.410 e. The highest BCUT2D eigenvalue weighted by Crippen LogP contribution is 2.57. The first-order chi connectivity index (χ1) is 10.8. The molecule has 1 spiro atoms. The molecular formula is C17H21N3O3. The highest BCUT2D eigenvalue weighted by molar-refractivity contribution is 6.09. The summed E-state index contributed by atoms with van der Waals surface area (Å²) in [6.45, 7) is 6.56. The van der Waals surface area contributed by atoms with Gasteiger partial charge < -0.3 is 9.64 Å². The standard InChI is InChI=1S/C17H21N3O3/c1-16(2,3)23-15(22)19-9-11(10-19)20-13-12(5-4-8-18-13)17(6-7-17)14(20)21/h4-5,8,11H,6-7,9-10H2,1-3H3. The van der Waals surface area contributed by atoms with Crippen LogP contribution in [0.15, 0.2) is 18.3 Å². The SMILES string of the molecule is CC(C)(C)OC(=O)N1CC(N2C(=O)C3(CC3)c3cccnc32)C1. The van der Waals surface area contributed by atoms with Crippen molar-refractivity contribution in [1.29, 1.82) is 0 Å². The van der Waals surface area contributed by atoms with Crippen molar-refractivity contribution in [1.82, 2.24) is 9.88 Å². The van der Waals surface area contributed by atoms with Gasteiger partial charge in [-0.25, -0.2) is 9.78 Å². The maximum atomic E-state index is 12.8. The van der Waals surface area contributed by atoms with Crippen molar-refractivity contribution in [2.75, 3.05) is 18.0 Å². The van der Waals surface area contributed by atoms with Crippen molar-refractivity contribution in [3.63, 3.8) is 0 Å². The van der Waals surface area contributed by atoms with E-state index in [-0.39, 0.29) is 23.5 Å². The first-order valence-electron chi connectivity index (χ1n) is 8.09. The van der Waals surface area contributed by atoms with E-state index in [1.807, 2.05) is 37.8 Å². The number of hydrogen-bond acceptors (Lipinski definition) is 4. The number of carbonyl (C=O) groups excluding carboxylic acids is 2. The van der Waals surface area contributed by atoms with Gasteiger partial charge in [-0.1, -0.05) is 6.07 Å². The number of nitrogens with zero attached hydrogens (tertiary/aromatic N) is 3. The number of likely N-dealkylation sites (tertiary alicyclic amines) is 1. The van der Waals surface area contributed by atoms with Crippen molar-refractivity contribution in [3.05, 3.63) is 23.9 Å². The number of fused-ring (bicyclic) bond motifs is 2. The van der Waals surface area contributed by atoms with Gasteiger partial charge in [-0.2, -0.15) is 0 Å². The summed E-state index contributed by atoms with van der Waals surface area (Å²) in [4.78, 5) is 32.8. The molecule has 3 heterocycles. The van der Waals surface area contributed by atoms with Crippen LogP contribution in [0, 0.1) is 0 Å². The molecule has 1 aliphatic carbocycles. The second-order valence-electron chi connectivity index (χ2n) is 7.67. The van der Waals surface area contributed by atoms with Gasteiger partial charge in [0, 0.05) is 24.8 Å². The van der Waals surface area contributed by atoms with Gasteiger partial charge in [0.15, 0.2) is 0 Å². The zero-order valence-electron chi connectivity index (χ0n) is 13.7. The molecule has 4 rings (SSSR count). The summed E-state index contributed by atoms with van der Waals surface area (Å²) < 4.78 is 5.37. The molecule has 0 bridgehead atoms. The summed E-state index contributed by atoms with van der Waals surface area (Å²) in [6, 6.07) is 3.91. The van der Waals surface area contributed by atoms with E-state index in [2.05, 4.69) is 4.98 Å². The van der Waals surface area contributed by atoms with Crippen LogP contribution in [-0.2, 0) is 14.9 Å². The lowest BCUT2D eigenvalue weighted by Gasteiger charge is -2.43. The summed E-state index contributed by atoms with van der Waals surface area (Å²) in [5, 5.41) is 0. The van der Waals surface area contributed by atoms with Gasteiger partial charge in [-0.15, -0.1) is 0 Å². The minimum Gasteiger partial charge on any atom is -0.444 e. The van der Waals surface area contributed by atoms with Crippen LogP contribution in [0.1, 0.15) is 39.2 Å². The highest BCUT2D eigenvalue weighted by atomic mass is 16.6. The molecule has 6 nitrogen and oxygen atoms in total. The van der Waals surface area contributed by atoms with Crippen molar-refractivity contribution < 1.29 is 14.3 Å². The van der Waals surface area contributed by atoms with E-state index in [4.69, 9.17) is 4.74 Å². The Kier molecular flexibility index (Phi) is 2.81. The van der Waals surface area contributed by atoms with Gasteiger partial charge in [0.05, 0.1) is 11.5 Å². The second kappa shape index (κ2) is 4.46. The maximum absolute atomic E-state index is 12.8. The third kappa shape index (κ3) is 2.11. The topological polar surface area (TPSA) is 62.7 Å². The fraction of sp³-hybridized carbons (Fsp3) is 0.588. The quantitative estimate of drug-likeness (QED) is 0.796. The molecule has 2 aliphatic heterocycles. The molecule has 0 N–H and O–H groups in total. The monoisotopic (exact) mass is 315 g/mol. The lowest BCUT2D eigenvalue weighted by atomic mass is 10.00. The molecule has 6 heteroatoms. The molecule has 0 aromatic carbocycles. The van der Waals surface area contributed by atoms with E-state index in [1.54, 1.807) is 11.1 Å². The van der Waals surface area contributed by atoms with E-state index in [1.165, 1.54) is 0 Å². The Balaban J connectivity index is 1.49. The summed E-state index contributed by atoms with van der Waals surface area (Å²) >= 11 is 0. The number of amides is 2. The first kappa shape index (κ1) is 14.5. The maximum Gasteiger partial charge on any atom is 0.410 e. The number of anilines is 1. The van der Waals surface area contributed by atoms with Gasteiger partial charge in [0.1, 0.15) is 11.4 Å². The molecule has 0 radical (unpaired) electrons. The van der Waals surface area contributed by atoms with Crippen LogP contribution < -0.4 is 4.90 Å². The average Bonchev–Trinajstić information content (AvgIpc) is 3.16. The van der Waals surface area contributed by atoms with Crippen molar-refractivity contribution in [2.45, 2.75) is 50.7 Å². The average molecular weight is 315 g/mol. The van der Waals surface area contributed by atoms with Crippen LogP contribution in [0.3, 0.4) is 0 Å². The summed E-state index contributed by atoms with van der Waals surface area (Å²) in [6.07, 6.45) is 3.22. The zero-order chi connectivity index (χ0) is 16.4. The fourth-order valence-corrected chi connectivity index (χ4v) is 3.45. The van der Waals surface area contributed by atoms with Crippen LogP contribution in [0.2, 0.25) is 0 Å². The first-order valence-corrected chi connectivity index (χ1v) is 8.09. The van der Waals surface area contributed by atoms with Crippen LogP contribution in [0.5, 0.6) is 0 Å². The molecule has 1 saturated heterocycles. The van der Waals surface area contributed by atoms with Gasteiger partial charge in [0.25, 0.3) is 0 Å². The van der Waals surface area contributed by atoms with Gasteiger partial charge in [-0.3, -0.25) is 9.69 Å². The lowest BCUT2D eigenvalue weighted by molar-refractivity contribution is -0.121. The Labute approximate surface area is 135 Å². The normalized spacial score (nSPS) is 22.1. The predicted octanol–water partition coefficient (Wildman–Crippen LogP) is 2.08. The molecule has 1 aromatic heterocycles. The summed E-state index contributed by atoms with van der Waals surface area (Å²) in [7, 11) is 0. The van der Waals surface area contributed by atoms with E-state index in [0.717, 1.165) is 24.2 Å². The van der Waals surface area contributed by atoms with Crippen LogP contribution in [-0.4, -0.2) is 46.6 Å². The largest absolute Gasteiger partial charge is 0.444 e. The number of hydrogen-bond donors (Lipinski definition) is 0. The predicted molar refractivity (Wildman–Crippen MR) is 84.2 cm³/mol. The van der Waals surface area contributed by atoms with Crippen molar-refractivity contribution in [2.24, 2.45) is 0 Å². The number of carbonyl (C=O) groups is 2. The van der Waals surface area contributed by atoms with Gasteiger partial charge >= 0.3 is 6.09 Å². The molecular weight excluding hydrogens is 294 g/mol. The number of rotatable bonds is 1. The lowest BCUT2D eigenvalue weighted by Crippen LogP contribution is -2.63. The number of ether oxygens (including phenoxy) is 1. The summed E-state index contributed by atoms with van der Waals surface area (Å²) in [5.74, 6) is 0.934. The number of aromatic nitrogens is 1. The zero-order valence-corrected chi connectivity index (χ0v) is 13.7. The fourth-order valence-electron chi connectivity index (χ4n) is 3.45. The molecule has 2 amide bonds. The van der Waals surface area contributed by atoms with Crippen LogP contribution in [0.25, 0.3) is 0 Å². The van der Waals surface area contributed by atoms with Gasteiger partial charge in [-0.05, 0) is 39.7 Å². The second-order valence-corrected chi connectivity index (χ2v) is 7.67. The highest BCUT2D eigenvalue weighted by Gasteiger charge is 2.61. The molecule has 1 saturated carbocycles. The Bertz CT molecular complexity index is 685. The van der Waals surface area contributed by atoms with Crippen molar-refractivity contribution in [3.8, 4) is 0 Å². The third-order valence-corrected chi connectivity index (χ3v) is 4.79. The summed E-state index contributed by atoms with van der Waals surface area (Å²) in [5.41, 5.74) is 0.231. The van der Waals surface area contributed by atoms with E-state index in [9.17, 15) is 9.59 Å². The Morgan fingerprint density at radius 3 is 2.65 bits per heavy atom. The molecule has 2 fully saturated rings. The van der Waals surface area contributed by atoms with E-state index >= 15 is 0 Å². The molecule has 23 heavy (non-hydrogen) atoms. The van der Waals surface area contributed by atoms with E-state index in [0.29, 0.717) is 13.1 Å². The van der Waals surface area contributed by atoms with Crippen molar-refractivity contribution >= 4 is 17.8 Å². The number of pyridine rings is 1. The minimum atomic E-state index is -0.502. The molecule has 3 aliphatic rings. The molecule has 122 valence electrons. The Morgan fingerprint density at radius 1 is 1.35 bits per heavy atom. The van der Waals surface area contributed by atoms with Crippen LogP contribution >= 0.6 is 0 Å². The van der Waals surface area contributed by atoms with Crippen LogP contribution in [0.4, 0.5) is 10.6 Å². The van der Waals surface area contributed by atoms with Gasteiger partial charge in [0.2, 0.25) is 5.91 Å².